The van der Waals surface area contributed by atoms with Gasteiger partial charge in [-0.15, -0.1) is 0 Å². The maximum Gasteiger partial charge on any atom is 0.226 e. The largest absolute Gasteiger partial charge is 0.383 e. The lowest BCUT2D eigenvalue weighted by Crippen LogP contribution is -2.46. The predicted molar refractivity (Wildman–Crippen MR) is 166 cm³/mol. The van der Waals surface area contributed by atoms with E-state index < -0.39 is 0 Å². The maximum atomic E-state index is 9.16. The topological polar surface area (TPSA) is 126 Å². The molecule has 0 aliphatic carbocycles. The first-order chi connectivity index (χ1) is 21.2. The molecule has 5 heterocycles. The Bertz CT molecular complexity index is 1940. The number of imidazole rings is 1. The Hall–Kier alpha value is -5.66. The summed E-state index contributed by atoms with van der Waals surface area (Å²) in [6.45, 7) is 4.20. The third kappa shape index (κ3) is 5.25. The van der Waals surface area contributed by atoms with Crippen molar-refractivity contribution in [2.24, 2.45) is 0 Å². The van der Waals surface area contributed by atoms with Crippen LogP contribution in [-0.4, -0.2) is 60.6 Å². The van der Waals surface area contributed by atoms with Gasteiger partial charge in [0.25, 0.3) is 0 Å². The minimum absolute atomic E-state index is 0.388. The van der Waals surface area contributed by atoms with Crippen LogP contribution in [0, 0.1) is 11.3 Å². The van der Waals surface area contributed by atoms with Crippen LogP contribution >= 0.6 is 0 Å². The van der Waals surface area contributed by atoms with E-state index in [1.165, 1.54) is 5.56 Å². The quantitative estimate of drug-likeness (QED) is 0.306. The number of nitrogens with zero attached hydrogens (tertiary/aromatic N) is 9. The highest BCUT2D eigenvalue weighted by Crippen LogP contribution is 2.32. The number of nitrogen functional groups attached to an aromatic ring is 1. The molecule has 6 aromatic rings. The number of nitrogens with two attached hydrogens (primary N) is 1. The Kier molecular flexibility index (Phi) is 6.91. The molecule has 0 amide bonds. The van der Waals surface area contributed by atoms with E-state index in [1.807, 2.05) is 42.5 Å². The lowest BCUT2D eigenvalue weighted by atomic mass is 10.1. The summed E-state index contributed by atoms with van der Waals surface area (Å²) < 4.78 is 2.06. The van der Waals surface area contributed by atoms with Gasteiger partial charge in [0.05, 0.1) is 11.3 Å². The standard InChI is InChI=1S/C33H28N10/c34-21-25-14-16-37-33(38-25)42-19-17-41(18-20-42)22-23-8-10-26(11-9-23)43-31(27-7-4-15-36-30(27)35)40-29-13-12-28(39-32(29)43)24-5-2-1-3-6-24/h1-16H,17-20,22H2,(H2,35,36). The fourth-order valence-corrected chi connectivity index (χ4v) is 5.44. The summed E-state index contributed by atoms with van der Waals surface area (Å²) in [6, 6.07) is 30.2. The van der Waals surface area contributed by atoms with Gasteiger partial charge in [-0.05, 0) is 48.0 Å². The monoisotopic (exact) mass is 564 g/mol. The zero-order valence-electron chi connectivity index (χ0n) is 23.4. The van der Waals surface area contributed by atoms with E-state index in [1.54, 1.807) is 18.5 Å². The van der Waals surface area contributed by atoms with Gasteiger partial charge in [0.1, 0.15) is 23.1 Å². The van der Waals surface area contributed by atoms with E-state index in [9.17, 15) is 0 Å². The summed E-state index contributed by atoms with van der Waals surface area (Å²) in [4.78, 5) is 27.6. The highest BCUT2D eigenvalue weighted by atomic mass is 15.3. The number of fused-ring (bicyclic) bond motifs is 1. The summed E-state index contributed by atoms with van der Waals surface area (Å²) >= 11 is 0. The summed E-state index contributed by atoms with van der Waals surface area (Å²) in [5.74, 6) is 1.73. The predicted octanol–water partition coefficient (Wildman–Crippen LogP) is 4.72. The van der Waals surface area contributed by atoms with Crippen molar-refractivity contribution < 1.29 is 0 Å². The van der Waals surface area contributed by atoms with Crippen molar-refractivity contribution in [2.75, 3.05) is 36.8 Å². The molecule has 7 rings (SSSR count). The van der Waals surface area contributed by atoms with Crippen LogP contribution in [-0.2, 0) is 6.54 Å². The molecular formula is C33H28N10. The molecule has 10 heteroatoms. The molecule has 4 aromatic heterocycles. The lowest BCUT2D eigenvalue weighted by Gasteiger charge is -2.34. The maximum absolute atomic E-state index is 9.16. The van der Waals surface area contributed by atoms with Gasteiger partial charge in [0, 0.05) is 56.4 Å². The van der Waals surface area contributed by atoms with Crippen LogP contribution in [0.4, 0.5) is 11.8 Å². The van der Waals surface area contributed by atoms with Crippen molar-refractivity contribution in [2.45, 2.75) is 6.54 Å². The van der Waals surface area contributed by atoms with Crippen LogP contribution in [0.2, 0.25) is 0 Å². The van der Waals surface area contributed by atoms with Gasteiger partial charge in [0.15, 0.2) is 11.5 Å². The Morgan fingerprint density at radius 2 is 1.58 bits per heavy atom. The van der Waals surface area contributed by atoms with Crippen LogP contribution in [0.25, 0.3) is 39.5 Å². The van der Waals surface area contributed by atoms with Crippen LogP contribution in [0.1, 0.15) is 11.3 Å². The molecule has 0 bridgehead atoms. The Balaban J connectivity index is 1.17. The van der Waals surface area contributed by atoms with Crippen molar-refractivity contribution in [3.05, 3.63) is 109 Å². The number of anilines is 2. The Labute approximate surface area is 248 Å². The number of rotatable bonds is 6. The van der Waals surface area contributed by atoms with Crippen molar-refractivity contribution in [1.29, 1.82) is 5.26 Å². The van der Waals surface area contributed by atoms with Gasteiger partial charge >= 0.3 is 0 Å². The van der Waals surface area contributed by atoms with Crippen LogP contribution in [0.15, 0.2) is 97.3 Å². The molecule has 2 N–H and O–H groups in total. The molecule has 1 aliphatic heterocycles. The Morgan fingerprint density at radius 3 is 2.35 bits per heavy atom. The molecular weight excluding hydrogens is 536 g/mol. The van der Waals surface area contributed by atoms with E-state index >= 15 is 0 Å². The first-order valence-electron chi connectivity index (χ1n) is 14.1. The van der Waals surface area contributed by atoms with Gasteiger partial charge in [-0.1, -0.05) is 42.5 Å². The molecule has 210 valence electrons. The van der Waals surface area contributed by atoms with Gasteiger partial charge in [-0.25, -0.2) is 24.9 Å². The number of piperazine rings is 1. The molecule has 10 nitrogen and oxygen atoms in total. The van der Waals surface area contributed by atoms with E-state index in [0.29, 0.717) is 23.3 Å². The molecule has 1 fully saturated rings. The third-order valence-corrected chi connectivity index (χ3v) is 7.67. The highest BCUT2D eigenvalue weighted by Gasteiger charge is 2.21. The molecule has 43 heavy (non-hydrogen) atoms. The SMILES string of the molecule is N#Cc1ccnc(N2CCN(Cc3ccc(-n4c(-c5cccnc5N)nc5ccc(-c6ccccc6)nc54)cc3)CC2)n1. The third-order valence-electron chi connectivity index (χ3n) is 7.67. The van der Waals surface area contributed by atoms with Gasteiger partial charge in [-0.2, -0.15) is 5.26 Å². The molecule has 1 saturated heterocycles. The van der Waals surface area contributed by atoms with Gasteiger partial charge < -0.3 is 10.6 Å². The van der Waals surface area contributed by atoms with E-state index in [-0.39, 0.29) is 0 Å². The van der Waals surface area contributed by atoms with E-state index in [0.717, 1.165) is 66.4 Å². The fraction of sp³-hybridized carbons (Fsp3) is 0.152. The Morgan fingerprint density at radius 1 is 0.767 bits per heavy atom. The van der Waals surface area contributed by atoms with Crippen LogP contribution in [0.3, 0.4) is 0 Å². The van der Waals surface area contributed by atoms with Crippen molar-refractivity contribution in [3.63, 3.8) is 0 Å². The molecule has 1 aliphatic rings. The summed E-state index contributed by atoms with van der Waals surface area (Å²) in [5.41, 5.74) is 13.1. The van der Waals surface area contributed by atoms with E-state index in [2.05, 4.69) is 71.8 Å². The van der Waals surface area contributed by atoms with Crippen molar-refractivity contribution >= 4 is 22.9 Å². The smallest absolute Gasteiger partial charge is 0.226 e. The minimum atomic E-state index is 0.388. The minimum Gasteiger partial charge on any atom is -0.383 e. The lowest BCUT2D eigenvalue weighted by molar-refractivity contribution is 0.248. The first-order valence-corrected chi connectivity index (χ1v) is 14.1. The second-order valence-corrected chi connectivity index (χ2v) is 10.4. The summed E-state index contributed by atoms with van der Waals surface area (Å²) in [6.07, 6.45) is 3.33. The molecule has 0 radical (unpaired) electrons. The second kappa shape index (κ2) is 11.3. The molecule has 2 aromatic carbocycles. The van der Waals surface area contributed by atoms with Crippen molar-refractivity contribution in [3.8, 4) is 34.4 Å². The first kappa shape index (κ1) is 26.3. The second-order valence-electron chi connectivity index (χ2n) is 10.4. The summed E-state index contributed by atoms with van der Waals surface area (Å²) in [7, 11) is 0. The van der Waals surface area contributed by atoms with Gasteiger partial charge in [0.2, 0.25) is 5.95 Å². The fourth-order valence-electron chi connectivity index (χ4n) is 5.44. The highest BCUT2D eigenvalue weighted by molar-refractivity contribution is 5.84. The van der Waals surface area contributed by atoms with Gasteiger partial charge in [-0.3, -0.25) is 9.47 Å². The number of hydrogen-bond donors (Lipinski definition) is 1. The van der Waals surface area contributed by atoms with Crippen LogP contribution in [0.5, 0.6) is 0 Å². The average molecular weight is 565 g/mol. The number of hydrogen-bond acceptors (Lipinski definition) is 9. The number of pyridine rings is 2. The zero-order chi connectivity index (χ0) is 29.2. The molecule has 0 saturated carbocycles. The normalized spacial score (nSPS) is 13.7. The van der Waals surface area contributed by atoms with Crippen LogP contribution < -0.4 is 10.6 Å². The number of benzene rings is 2. The average Bonchev–Trinajstić information content (AvgIpc) is 3.44. The molecule has 0 atom stereocenters. The number of aromatic nitrogens is 6. The van der Waals surface area contributed by atoms with E-state index in [4.69, 9.17) is 21.0 Å². The van der Waals surface area contributed by atoms with Crippen molar-refractivity contribution in [1.82, 2.24) is 34.4 Å². The zero-order valence-corrected chi connectivity index (χ0v) is 23.4. The molecule has 0 spiro atoms. The summed E-state index contributed by atoms with van der Waals surface area (Å²) in [5, 5.41) is 9.16. The molecule has 0 unspecified atom stereocenters. The number of nitriles is 1.